The van der Waals surface area contributed by atoms with Gasteiger partial charge in [0.1, 0.15) is 12.2 Å². The number of nitrogens with zero attached hydrogens (tertiary/aromatic N) is 5. The van der Waals surface area contributed by atoms with Crippen LogP contribution in [0.5, 0.6) is 0 Å². The van der Waals surface area contributed by atoms with Crippen LogP contribution < -0.4 is 16.0 Å². The van der Waals surface area contributed by atoms with Crippen molar-refractivity contribution in [3.8, 4) is 17.5 Å². The summed E-state index contributed by atoms with van der Waals surface area (Å²) < 4.78 is 16.0. The van der Waals surface area contributed by atoms with E-state index in [-0.39, 0.29) is 30.2 Å². The van der Waals surface area contributed by atoms with E-state index in [9.17, 15) is 24.3 Å². The molecule has 12 heteroatoms. The molecule has 0 bridgehead atoms. The summed E-state index contributed by atoms with van der Waals surface area (Å²) in [7, 11) is 3.41. The first-order valence-corrected chi connectivity index (χ1v) is 13.2. The lowest BCUT2D eigenvalue weighted by Gasteiger charge is -2.31. The van der Waals surface area contributed by atoms with Crippen molar-refractivity contribution in [1.29, 1.82) is 5.26 Å². The van der Waals surface area contributed by atoms with Crippen molar-refractivity contribution in [2.45, 2.75) is 63.4 Å². The van der Waals surface area contributed by atoms with Crippen LogP contribution in [0.25, 0.3) is 16.9 Å². The fourth-order valence-electron chi connectivity index (χ4n) is 4.58. The van der Waals surface area contributed by atoms with Crippen LogP contribution in [-0.4, -0.2) is 81.0 Å². The zero-order valence-electron chi connectivity index (χ0n) is 23.1. The number of carbonyl (C=O) groups excluding carboxylic acids is 2. The average molecular weight is 551 g/mol. The van der Waals surface area contributed by atoms with E-state index in [0.29, 0.717) is 22.6 Å². The van der Waals surface area contributed by atoms with E-state index in [2.05, 4.69) is 32.1 Å². The molecule has 3 aromatic heterocycles. The Kier molecular flexibility index (Phi) is 8.54. The molecule has 0 unspecified atom stereocenters. The Bertz CT molecular complexity index is 1420. The van der Waals surface area contributed by atoms with Crippen molar-refractivity contribution >= 4 is 23.1 Å². The highest BCUT2D eigenvalue weighted by Gasteiger charge is 2.28. The van der Waals surface area contributed by atoms with Gasteiger partial charge in [0, 0.05) is 32.4 Å². The number of anilines is 1. The Balaban J connectivity index is 1.58. The van der Waals surface area contributed by atoms with Crippen molar-refractivity contribution in [1.82, 2.24) is 30.1 Å². The molecule has 1 aliphatic rings. The Labute approximate surface area is 232 Å². The first-order chi connectivity index (χ1) is 19.0. The SMILES string of the molecule is CN(C)C(=O)N[C@H]1CC[C@H](Nc2cc(-c3ccc4cc(C#N)cnn34)ncc2C(=O)NC[C@@H](F)C(C)(C)O)CC1. The molecule has 1 saturated carbocycles. The lowest BCUT2D eigenvalue weighted by molar-refractivity contribution is -0.00177. The zero-order valence-corrected chi connectivity index (χ0v) is 23.1. The second-order valence-electron chi connectivity index (χ2n) is 10.9. The number of pyridine rings is 1. The number of rotatable bonds is 8. The van der Waals surface area contributed by atoms with Gasteiger partial charge in [-0.2, -0.15) is 10.4 Å². The lowest BCUT2D eigenvalue weighted by atomic mass is 9.91. The van der Waals surface area contributed by atoms with Gasteiger partial charge in [-0.15, -0.1) is 0 Å². The molecule has 0 aromatic carbocycles. The van der Waals surface area contributed by atoms with E-state index in [1.807, 2.05) is 12.1 Å². The molecule has 1 aliphatic carbocycles. The number of alkyl halides is 1. The largest absolute Gasteiger partial charge is 0.387 e. The molecule has 4 rings (SSSR count). The Hall–Kier alpha value is -4.24. The van der Waals surface area contributed by atoms with Gasteiger partial charge in [0.25, 0.3) is 5.91 Å². The topological polar surface area (TPSA) is 148 Å². The molecule has 11 nitrogen and oxygen atoms in total. The fraction of sp³-hybridized carbons (Fsp3) is 0.464. The molecule has 1 atom stereocenters. The number of urea groups is 1. The molecular weight excluding hydrogens is 515 g/mol. The highest BCUT2D eigenvalue weighted by Crippen LogP contribution is 2.29. The summed E-state index contributed by atoms with van der Waals surface area (Å²) in [6.45, 7) is 2.34. The third-order valence-corrected chi connectivity index (χ3v) is 7.07. The van der Waals surface area contributed by atoms with Gasteiger partial charge in [-0.1, -0.05) is 0 Å². The van der Waals surface area contributed by atoms with Gasteiger partial charge >= 0.3 is 6.03 Å². The molecular formula is C28H35FN8O3. The van der Waals surface area contributed by atoms with Gasteiger partial charge in [0.2, 0.25) is 0 Å². The Morgan fingerprint density at radius 1 is 1.20 bits per heavy atom. The number of hydrogen-bond donors (Lipinski definition) is 4. The van der Waals surface area contributed by atoms with E-state index in [0.717, 1.165) is 31.2 Å². The molecule has 40 heavy (non-hydrogen) atoms. The van der Waals surface area contributed by atoms with Crippen molar-refractivity contribution in [3.63, 3.8) is 0 Å². The predicted octanol–water partition coefficient (Wildman–Crippen LogP) is 3.10. The summed E-state index contributed by atoms with van der Waals surface area (Å²) in [4.78, 5) is 31.2. The van der Waals surface area contributed by atoms with Gasteiger partial charge in [-0.05, 0) is 63.8 Å². The van der Waals surface area contributed by atoms with Gasteiger partial charge in [-0.3, -0.25) is 9.78 Å². The number of nitrogens with one attached hydrogen (secondary N) is 3. The molecule has 0 aliphatic heterocycles. The van der Waals surface area contributed by atoms with E-state index in [1.54, 1.807) is 30.7 Å². The molecule has 0 spiro atoms. The highest BCUT2D eigenvalue weighted by molar-refractivity contribution is 6.00. The maximum absolute atomic E-state index is 14.3. The maximum atomic E-state index is 14.3. The lowest BCUT2D eigenvalue weighted by Crippen LogP contribution is -2.44. The number of carbonyl (C=O) groups is 2. The average Bonchev–Trinajstić information content (AvgIpc) is 3.35. The van der Waals surface area contributed by atoms with E-state index in [4.69, 9.17) is 0 Å². The monoisotopic (exact) mass is 550 g/mol. The van der Waals surface area contributed by atoms with Crippen molar-refractivity contribution in [2.75, 3.05) is 26.0 Å². The van der Waals surface area contributed by atoms with Crippen molar-refractivity contribution in [2.24, 2.45) is 0 Å². The summed E-state index contributed by atoms with van der Waals surface area (Å²) in [5.74, 6) is -0.516. The van der Waals surface area contributed by atoms with E-state index >= 15 is 0 Å². The highest BCUT2D eigenvalue weighted by atomic mass is 19.1. The minimum atomic E-state index is -1.65. The Morgan fingerprint density at radius 3 is 2.55 bits per heavy atom. The van der Waals surface area contributed by atoms with Crippen LogP contribution in [-0.2, 0) is 0 Å². The predicted molar refractivity (Wildman–Crippen MR) is 149 cm³/mol. The third-order valence-electron chi connectivity index (χ3n) is 7.07. The smallest absolute Gasteiger partial charge is 0.317 e. The summed E-state index contributed by atoms with van der Waals surface area (Å²) in [6, 6.07) is 9.23. The van der Waals surface area contributed by atoms with Crippen LogP contribution in [0.15, 0.2) is 36.7 Å². The van der Waals surface area contributed by atoms with Crippen molar-refractivity contribution < 1.29 is 19.1 Å². The summed E-state index contributed by atoms with van der Waals surface area (Å²) in [5.41, 5.74) is 1.59. The van der Waals surface area contributed by atoms with Crippen LogP contribution in [0.3, 0.4) is 0 Å². The van der Waals surface area contributed by atoms with Gasteiger partial charge in [0.05, 0.1) is 52.1 Å². The van der Waals surface area contributed by atoms with E-state index in [1.165, 1.54) is 31.1 Å². The normalized spacial score (nSPS) is 18.0. The van der Waals surface area contributed by atoms with Crippen LogP contribution in [0.1, 0.15) is 55.5 Å². The number of halogens is 1. The second-order valence-corrected chi connectivity index (χ2v) is 10.9. The number of nitriles is 1. The molecule has 0 saturated heterocycles. The number of amides is 3. The van der Waals surface area contributed by atoms with Crippen LogP contribution in [0.2, 0.25) is 0 Å². The number of aliphatic hydroxyl groups is 1. The summed E-state index contributed by atoms with van der Waals surface area (Å²) in [5, 5.41) is 32.5. The number of hydrogen-bond acceptors (Lipinski definition) is 7. The number of fused-ring (bicyclic) bond motifs is 1. The minimum absolute atomic E-state index is 0.0416. The molecule has 3 aromatic rings. The van der Waals surface area contributed by atoms with Crippen molar-refractivity contribution in [3.05, 3.63) is 47.8 Å². The third kappa shape index (κ3) is 6.66. The van der Waals surface area contributed by atoms with Gasteiger partial charge in [-0.25, -0.2) is 13.7 Å². The standard InChI is InChI=1S/C28H35FN8O3/c1-28(2,40)25(29)16-32-26(38)21-15-31-23(24-10-9-20-11-17(13-30)14-33-37(20)24)12-22(21)34-18-5-7-19(8-6-18)35-27(39)36(3)4/h9-12,14-15,18-19,25,40H,5-8,16H2,1-4H3,(H,31,34)(H,32,38)(H,35,39)/t18-,19-,25-/m1/s1. The summed E-state index contributed by atoms with van der Waals surface area (Å²) in [6.07, 6.45) is 4.37. The second kappa shape index (κ2) is 11.9. The van der Waals surface area contributed by atoms with Crippen LogP contribution in [0, 0.1) is 11.3 Å². The van der Waals surface area contributed by atoms with Gasteiger partial charge in [0.15, 0.2) is 0 Å². The first-order valence-electron chi connectivity index (χ1n) is 13.2. The molecule has 3 amide bonds. The zero-order chi connectivity index (χ0) is 29.0. The summed E-state index contributed by atoms with van der Waals surface area (Å²) >= 11 is 0. The molecule has 212 valence electrons. The maximum Gasteiger partial charge on any atom is 0.317 e. The van der Waals surface area contributed by atoms with Crippen LogP contribution in [0.4, 0.5) is 14.9 Å². The van der Waals surface area contributed by atoms with E-state index < -0.39 is 17.7 Å². The molecule has 0 radical (unpaired) electrons. The quantitative estimate of drug-likeness (QED) is 0.337. The molecule has 4 N–H and O–H groups in total. The minimum Gasteiger partial charge on any atom is -0.387 e. The fourth-order valence-corrected chi connectivity index (χ4v) is 4.58. The Morgan fingerprint density at radius 2 is 1.90 bits per heavy atom. The molecule has 3 heterocycles. The number of aromatic nitrogens is 3. The van der Waals surface area contributed by atoms with Gasteiger partial charge < -0.3 is 26.0 Å². The molecule has 1 fully saturated rings. The first kappa shape index (κ1) is 28.8. The van der Waals surface area contributed by atoms with Crippen LogP contribution >= 0.6 is 0 Å².